The zero-order valence-corrected chi connectivity index (χ0v) is 14.5. The third-order valence-corrected chi connectivity index (χ3v) is 5.99. The van der Waals surface area contributed by atoms with Gasteiger partial charge in [-0.25, -0.2) is 13.1 Å². The largest absolute Gasteiger partial charge is 0.497 e. The maximum atomic E-state index is 12.3. The van der Waals surface area contributed by atoms with E-state index in [1.54, 1.807) is 31.4 Å². The molecule has 23 heavy (non-hydrogen) atoms. The minimum Gasteiger partial charge on any atom is -0.497 e. The van der Waals surface area contributed by atoms with E-state index in [-0.39, 0.29) is 16.7 Å². The van der Waals surface area contributed by atoms with Crippen molar-refractivity contribution in [2.45, 2.75) is 24.2 Å². The molecule has 0 radical (unpaired) electrons. The number of methoxy groups -OCH3 is 1. The predicted octanol–water partition coefficient (Wildman–Crippen LogP) is 1.87. The maximum absolute atomic E-state index is 12.3. The summed E-state index contributed by atoms with van der Waals surface area (Å²) < 4.78 is 32.5. The van der Waals surface area contributed by atoms with E-state index in [9.17, 15) is 13.2 Å². The number of thiophene rings is 1. The van der Waals surface area contributed by atoms with E-state index >= 15 is 0 Å². The van der Waals surface area contributed by atoms with Crippen LogP contribution in [0.3, 0.4) is 0 Å². The number of amides is 1. The average molecular weight is 354 g/mol. The molecule has 0 spiro atoms. The van der Waals surface area contributed by atoms with Gasteiger partial charge in [0.1, 0.15) is 9.96 Å². The maximum Gasteiger partial charge on any atom is 0.250 e. The van der Waals surface area contributed by atoms with Crippen LogP contribution in [0.2, 0.25) is 0 Å². The van der Waals surface area contributed by atoms with Crippen LogP contribution in [0.15, 0.2) is 40.6 Å². The molecule has 0 bridgehead atoms. The molecule has 124 valence electrons. The second-order valence-electron chi connectivity index (χ2n) is 4.81. The van der Waals surface area contributed by atoms with Crippen molar-refractivity contribution in [3.05, 3.63) is 46.8 Å². The van der Waals surface area contributed by atoms with Gasteiger partial charge in [-0.05, 0) is 29.8 Å². The summed E-state index contributed by atoms with van der Waals surface area (Å²) in [5.74, 6) is 0.523. The first-order valence-corrected chi connectivity index (χ1v) is 9.16. The number of nitrogens with one attached hydrogen (secondary N) is 2. The Labute approximate surface area is 139 Å². The Morgan fingerprint density at radius 2 is 2.00 bits per heavy atom. The predicted molar refractivity (Wildman–Crippen MR) is 88.9 cm³/mol. The molecule has 0 aliphatic carbocycles. The molecule has 1 aromatic heterocycles. The molecular formula is C15H18N2O4S2. The Kier molecular flexibility index (Phi) is 5.75. The molecule has 1 aromatic carbocycles. The van der Waals surface area contributed by atoms with Crippen LogP contribution in [0.5, 0.6) is 5.75 Å². The lowest BCUT2D eigenvalue weighted by Gasteiger charge is -2.06. The molecule has 0 unspecified atom stereocenters. The Morgan fingerprint density at radius 3 is 2.70 bits per heavy atom. The van der Waals surface area contributed by atoms with Crippen molar-refractivity contribution in [3.63, 3.8) is 0 Å². The van der Waals surface area contributed by atoms with Crippen LogP contribution in [-0.4, -0.2) is 21.4 Å². The zero-order valence-electron chi connectivity index (χ0n) is 12.8. The van der Waals surface area contributed by atoms with Crippen molar-refractivity contribution in [1.29, 1.82) is 0 Å². The van der Waals surface area contributed by atoms with E-state index in [2.05, 4.69) is 10.0 Å². The smallest absolute Gasteiger partial charge is 0.250 e. The summed E-state index contributed by atoms with van der Waals surface area (Å²) in [4.78, 5) is 11.7. The summed E-state index contributed by atoms with van der Waals surface area (Å²) in [5, 5.41) is 2.64. The zero-order chi connectivity index (χ0) is 16.9. The Hall–Kier alpha value is -1.90. The molecule has 2 N–H and O–H groups in total. The Balaban J connectivity index is 2.02. The number of hydrogen-bond donors (Lipinski definition) is 2. The third-order valence-electron chi connectivity index (χ3n) is 3.01. The van der Waals surface area contributed by atoms with Crippen molar-refractivity contribution < 1.29 is 17.9 Å². The van der Waals surface area contributed by atoms with E-state index in [1.165, 1.54) is 13.0 Å². The van der Waals surface area contributed by atoms with E-state index < -0.39 is 10.0 Å². The highest BCUT2D eigenvalue weighted by Crippen LogP contribution is 2.22. The minimum atomic E-state index is -3.58. The van der Waals surface area contributed by atoms with Crippen molar-refractivity contribution in [2.75, 3.05) is 7.11 Å². The molecule has 1 heterocycles. The van der Waals surface area contributed by atoms with E-state index in [4.69, 9.17) is 4.74 Å². The van der Waals surface area contributed by atoms with Gasteiger partial charge in [-0.2, -0.15) is 0 Å². The highest BCUT2D eigenvalue weighted by atomic mass is 32.2. The number of carbonyl (C=O) groups is 1. The van der Waals surface area contributed by atoms with Crippen LogP contribution in [0.4, 0.5) is 0 Å². The van der Waals surface area contributed by atoms with Gasteiger partial charge in [0, 0.05) is 18.3 Å². The van der Waals surface area contributed by atoms with Gasteiger partial charge >= 0.3 is 0 Å². The average Bonchev–Trinajstić information content (AvgIpc) is 3.01. The third kappa shape index (κ3) is 5.05. The first kappa shape index (κ1) is 17.5. The fourth-order valence-electron chi connectivity index (χ4n) is 1.84. The molecule has 0 fully saturated rings. The summed E-state index contributed by atoms with van der Waals surface area (Å²) in [5.41, 5.74) is 0.808. The molecule has 0 atom stereocenters. The summed E-state index contributed by atoms with van der Waals surface area (Å²) in [6.07, 6.45) is 0. The van der Waals surface area contributed by atoms with Gasteiger partial charge in [0.2, 0.25) is 15.9 Å². The fraction of sp³-hybridized carbons (Fsp3) is 0.267. The molecule has 0 aliphatic rings. The van der Waals surface area contributed by atoms with Gasteiger partial charge in [-0.1, -0.05) is 12.1 Å². The molecule has 0 saturated heterocycles. The number of benzene rings is 1. The van der Waals surface area contributed by atoms with Gasteiger partial charge in [0.15, 0.2) is 0 Å². The van der Waals surface area contributed by atoms with Crippen LogP contribution >= 0.6 is 11.3 Å². The van der Waals surface area contributed by atoms with E-state index in [1.807, 2.05) is 6.07 Å². The number of rotatable bonds is 7. The molecule has 2 rings (SSSR count). The number of sulfonamides is 1. The van der Waals surface area contributed by atoms with Gasteiger partial charge in [-0.15, -0.1) is 11.3 Å². The van der Waals surface area contributed by atoms with Crippen LogP contribution in [0.1, 0.15) is 17.4 Å². The first-order chi connectivity index (χ1) is 10.9. The monoisotopic (exact) mass is 354 g/mol. The van der Waals surface area contributed by atoms with Gasteiger partial charge in [0.05, 0.1) is 13.7 Å². The van der Waals surface area contributed by atoms with Crippen molar-refractivity contribution in [1.82, 2.24) is 10.0 Å². The summed E-state index contributed by atoms with van der Waals surface area (Å²) in [7, 11) is -2.02. The van der Waals surface area contributed by atoms with E-state index in [0.29, 0.717) is 12.3 Å². The van der Waals surface area contributed by atoms with Crippen LogP contribution < -0.4 is 14.8 Å². The lowest BCUT2D eigenvalue weighted by atomic mass is 10.2. The number of hydrogen-bond acceptors (Lipinski definition) is 5. The van der Waals surface area contributed by atoms with Crippen molar-refractivity contribution >= 4 is 27.3 Å². The molecular weight excluding hydrogens is 336 g/mol. The van der Waals surface area contributed by atoms with Crippen LogP contribution in [0.25, 0.3) is 0 Å². The summed E-state index contributed by atoms with van der Waals surface area (Å²) in [6, 6.07) is 10.4. The van der Waals surface area contributed by atoms with Crippen LogP contribution in [-0.2, 0) is 27.9 Å². The molecule has 0 saturated carbocycles. The second kappa shape index (κ2) is 7.58. The molecule has 1 amide bonds. The van der Waals surface area contributed by atoms with Crippen molar-refractivity contribution in [3.8, 4) is 5.75 Å². The van der Waals surface area contributed by atoms with E-state index in [0.717, 1.165) is 21.8 Å². The quantitative estimate of drug-likeness (QED) is 0.795. The molecule has 8 heteroatoms. The Morgan fingerprint density at radius 1 is 1.22 bits per heavy atom. The fourth-order valence-corrected chi connectivity index (χ4v) is 4.20. The molecule has 0 aliphatic heterocycles. The Bertz CT molecular complexity index is 784. The lowest BCUT2D eigenvalue weighted by Crippen LogP contribution is -2.22. The highest BCUT2D eigenvalue weighted by Gasteiger charge is 2.16. The summed E-state index contributed by atoms with van der Waals surface area (Å²) >= 11 is 1.13. The highest BCUT2D eigenvalue weighted by molar-refractivity contribution is 7.91. The second-order valence-corrected chi connectivity index (χ2v) is 7.97. The topological polar surface area (TPSA) is 84.5 Å². The minimum absolute atomic E-state index is 0.154. The van der Waals surface area contributed by atoms with Crippen molar-refractivity contribution in [2.24, 2.45) is 0 Å². The SMILES string of the molecule is COc1cccc(CNS(=O)(=O)c2ccc(CNC(C)=O)s2)c1. The van der Waals surface area contributed by atoms with Gasteiger partial charge < -0.3 is 10.1 Å². The van der Waals surface area contributed by atoms with Gasteiger partial charge in [-0.3, -0.25) is 4.79 Å². The molecule has 2 aromatic rings. The standard InChI is InChI=1S/C15H18N2O4S2/c1-11(18)16-10-14-6-7-15(22-14)23(19,20)17-9-12-4-3-5-13(8-12)21-2/h3-8,17H,9-10H2,1-2H3,(H,16,18). The summed E-state index contributed by atoms with van der Waals surface area (Å²) in [6.45, 7) is 1.92. The van der Waals surface area contributed by atoms with Gasteiger partial charge in [0.25, 0.3) is 0 Å². The lowest BCUT2D eigenvalue weighted by molar-refractivity contribution is -0.119. The molecule has 6 nitrogen and oxygen atoms in total. The number of carbonyl (C=O) groups excluding carboxylic acids is 1. The first-order valence-electron chi connectivity index (χ1n) is 6.86. The normalized spacial score (nSPS) is 11.2. The van der Waals surface area contributed by atoms with Crippen LogP contribution in [0, 0.1) is 0 Å². The number of ether oxygens (including phenoxy) is 1.